The van der Waals surface area contributed by atoms with Gasteiger partial charge in [0.1, 0.15) is 0 Å². The molecule has 0 bridgehead atoms. The minimum atomic E-state index is 0.142. The van der Waals surface area contributed by atoms with E-state index in [0.29, 0.717) is 0 Å². The van der Waals surface area contributed by atoms with E-state index in [-0.39, 0.29) is 5.60 Å². The van der Waals surface area contributed by atoms with Crippen molar-refractivity contribution in [1.82, 2.24) is 5.32 Å². The maximum absolute atomic E-state index is 6.57. The molecule has 124 valence electrons. The average Bonchev–Trinajstić information content (AvgIpc) is 2.99. The molecule has 2 heteroatoms. The first kappa shape index (κ1) is 17.3. The molecule has 2 nitrogen and oxygen atoms in total. The molecule has 1 N–H and O–H groups in total. The fourth-order valence-corrected chi connectivity index (χ4v) is 4.17. The SMILES string of the molecule is CCCNCC1(OCC2CCCC2)CCC(C(C)C)CC1. The number of nitrogens with one attached hydrogen (secondary N) is 1. The van der Waals surface area contributed by atoms with Crippen molar-refractivity contribution in [2.24, 2.45) is 17.8 Å². The Bertz CT molecular complexity index is 275. The molecule has 0 spiro atoms. The van der Waals surface area contributed by atoms with Gasteiger partial charge in [-0.05, 0) is 69.2 Å². The predicted octanol–water partition coefficient (Wildman–Crippen LogP) is 4.78. The smallest absolute Gasteiger partial charge is 0.0806 e. The highest BCUT2D eigenvalue weighted by molar-refractivity contribution is 4.90. The molecule has 0 atom stereocenters. The number of rotatable bonds is 8. The Morgan fingerprint density at radius 1 is 1.10 bits per heavy atom. The van der Waals surface area contributed by atoms with Gasteiger partial charge in [-0.3, -0.25) is 0 Å². The first-order valence-electron chi connectivity index (χ1n) is 9.50. The van der Waals surface area contributed by atoms with Crippen LogP contribution in [0.15, 0.2) is 0 Å². The van der Waals surface area contributed by atoms with Gasteiger partial charge in [-0.25, -0.2) is 0 Å². The van der Waals surface area contributed by atoms with Crippen LogP contribution in [-0.2, 0) is 4.74 Å². The zero-order valence-electron chi connectivity index (χ0n) is 14.6. The van der Waals surface area contributed by atoms with Crippen LogP contribution in [0.2, 0.25) is 0 Å². The molecule has 0 radical (unpaired) electrons. The van der Waals surface area contributed by atoms with E-state index in [0.717, 1.165) is 37.5 Å². The summed E-state index contributed by atoms with van der Waals surface area (Å²) in [6, 6.07) is 0. The molecule has 0 aromatic heterocycles. The summed E-state index contributed by atoms with van der Waals surface area (Å²) < 4.78 is 6.57. The Morgan fingerprint density at radius 2 is 1.76 bits per heavy atom. The predicted molar refractivity (Wildman–Crippen MR) is 90.6 cm³/mol. The van der Waals surface area contributed by atoms with Crippen LogP contribution in [0.25, 0.3) is 0 Å². The lowest BCUT2D eigenvalue weighted by atomic mass is 9.74. The molecule has 0 aliphatic heterocycles. The average molecular weight is 296 g/mol. The third-order valence-corrected chi connectivity index (χ3v) is 5.86. The minimum Gasteiger partial charge on any atom is -0.373 e. The lowest BCUT2D eigenvalue weighted by molar-refractivity contribution is -0.0907. The minimum absolute atomic E-state index is 0.142. The van der Waals surface area contributed by atoms with Gasteiger partial charge in [-0.15, -0.1) is 0 Å². The molecule has 2 fully saturated rings. The van der Waals surface area contributed by atoms with Crippen LogP contribution < -0.4 is 5.32 Å². The van der Waals surface area contributed by atoms with Gasteiger partial charge in [0, 0.05) is 6.54 Å². The highest BCUT2D eigenvalue weighted by Gasteiger charge is 2.37. The van der Waals surface area contributed by atoms with Gasteiger partial charge in [-0.2, -0.15) is 0 Å². The monoisotopic (exact) mass is 295 g/mol. The van der Waals surface area contributed by atoms with E-state index in [2.05, 4.69) is 26.1 Å². The van der Waals surface area contributed by atoms with E-state index in [4.69, 9.17) is 4.74 Å². The van der Waals surface area contributed by atoms with E-state index in [1.54, 1.807) is 0 Å². The van der Waals surface area contributed by atoms with Crippen molar-refractivity contribution in [3.05, 3.63) is 0 Å². The van der Waals surface area contributed by atoms with Crippen LogP contribution in [0, 0.1) is 17.8 Å². The summed E-state index contributed by atoms with van der Waals surface area (Å²) in [5.41, 5.74) is 0.142. The lowest BCUT2D eigenvalue weighted by Crippen LogP contribution is -2.47. The molecular formula is C19H37NO. The number of hydrogen-bond acceptors (Lipinski definition) is 2. The van der Waals surface area contributed by atoms with Gasteiger partial charge in [0.25, 0.3) is 0 Å². The molecular weight excluding hydrogens is 258 g/mol. The molecule has 21 heavy (non-hydrogen) atoms. The molecule has 2 saturated carbocycles. The Balaban J connectivity index is 1.84. The van der Waals surface area contributed by atoms with Crippen molar-refractivity contribution in [2.75, 3.05) is 19.7 Å². The fourth-order valence-electron chi connectivity index (χ4n) is 4.17. The van der Waals surface area contributed by atoms with E-state index in [1.807, 2.05) is 0 Å². The summed E-state index contributed by atoms with van der Waals surface area (Å²) in [5.74, 6) is 2.59. The van der Waals surface area contributed by atoms with Crippen molar-refractivity contribution < 1.29 is 4.74 Å². The Kier molecular flexibility index (Phi) is 7.01. The summed E-state index contributed by atoms with van der Waals surface area (Å²) in [6.07, 6.45) is 12.1. The Hall–Kier alpha value is -0.0800. The van der Waals surface area contributed by atoms with Crippen molar-refractivity contribution in [3.63, 3.8) is 0 Å². The van der Waals surface area contributed by atoms with Crippen molar-refractivity contribution >= 4 is 0 Å². The van der Waals surface area contributed by atoms with Crippen LogP contribution >= 0.6 is 0 Å². The maximum atomic E-state index is 6.57. The summed E-state index contributed by atoms with van der Waals surface area (Å²) in [6.45, 7) is 10.2. The van der Waals surface area contributed by atoms with Gasteiger partial charge < -0.3 is 10.1 Å². The molecule has 2 aliphatic rings. The van der Waals surface area contributed by atoms with Crippen molar-refractivity contribution in [3.8, 4) is 0 Å². The van der Waals surface area contributed by atoms with E-state index < -0.39 is 0 Å². The molecule has 2 aliphatic carbocycles. The Morgan fingerprint density at radius 3 is 2.33 bits per heavy atom. The van der Waals surface area contributed by atoms with Crippen LogP contribution in [-0.4, -0.2) is 25.3 Å². The van der Waals surface area contributed by atoms with Gasteiger partial charge in [-0.1, -0.05) is 33.6 Å². The highest BCUT2D eigenvalue weighted by Crippen LogP contribution is 2.39. The molecule has 0 aromatic carbocycles. The third-order valence-electron chi connectivity index (χ3n) is 5.86. The van der Waals surface area contributed by atoms with E-state index >= 15 is 0 Å². The second-order valence-electron chi connectivity index (χ2n) is 7.90. The summed E-state index contributed by atoms with van der Waals surface area (Å²) in [5, 5.41) is 3.64. The molecule has 0 unspecified atom stereocenters. The van der Waals surface area contributed by atoms with Crippen LogP contribution in [0.4, 0.5) is 0 Å². The van der Waals surface area contributed by atoms with Crippen LogP contribution in [0.5, 0.6) is 0 Å². The first-order valence-corrected chi connectivity index (χ1v) is 9.50. The number of ether oxygens (including phenoxy) is 1. The zero-order chi connectivity index (χ0) is 15.1. The largest absolute Gasteiger partial charge is 0.373 e. The topological polar surface area (TPSA) is 21.3 Å². The number of hydrogen-bond donors (Lipinski definition) is 1. The standard InChI is InChI=1S/C19H37NO/c1-4-13-20-15-19(21-14-17-7-5-6-8-17)11-9-18(10-12-19)16(2)3/h16-18,20H,4-15H2,1-3H3. The lowest BCUT2D eigenvalue weighted by Gasteiger charge is -2.42. The maximum Gasteiger partial charge on any atom is 0.0806 e. The molecule has 0 saturated heterocycles. The van der Waals surface area contributed by atoms with Crippen molar-refractivity contribution in [2.45, 2.75) is 84.2 Å². The summed E-state index contributed by atoms with van der Waals surface area (Å²) in [7, 11) is 0. The van der Waals surface area contributed by atoms with Crippen LogP contribution in [0.3, 0.4) is 0 Å². The highest BCUT2D eigenvalue weighted by atomic mass is 16.5. The second kappa shape index (κ2) is 8.53. The van der Waals surface area contributed by atoms with E-state index in [1.165, 1.54) is 57.8 Å². The van der Waals surface area contributed by atoms with Gasteiger partial charge >= 0.3 is 0 Å². The van der Waals surface area contributed by atoms with E-state index in [9.17, 15) is 0 Å². The molecule has 0 amide bonds. The first-order chi connectivity index (χ1) is 10.2. The van der Waals surface area contributed by atoms with Gasteiger partial charge in [0.05, 0.1) is 12.2 Å². The normalized spacial score (nSPS) is 31.1. The summed E-state index contributed by atoms with van der Waals surface area (Å²) >= 11 is 0. The van der Waals surface area contributed by atoms with Gasteiger partial charge in [0.15, 0.2) is 0 Å². The summed E-state index contributed by atoms with van der Waals surface area (Å²) in [4.78, 5) is 0. The fraction of sp³-hybridized carbons (Fsp3) is 1.00. The van der Waals surface area contributed by atoms with Crippen molar-refractivity contribution in [1.29, 1.82) is 0 Å². The second-order valence-corrected chi connectivity index (χ2v) is 7.90. The molecule has 2 rings (SSSR count). The zero-order valence-corrected chi connectivity index (χ0v) is 14.6. The quantitative estimate of drug-likeness (QED) is 0.651. The Labute approximate surface area is 132 Å². The third kappa shape index (κ3) is 5.25. The van der Waals surface area contributed by atoms with Gasteiger partial charge in [0.2, 0.25) is 0 Å². The molecule has 0 heterocycles. The van der Waals surface area contributed by atoms with Crippen LogP contribution in [0.1, 0.15) is 78.6 Å². The molecule has 0 aromatic rings.